The highest BCUT2D eigenvalue weighted by Crippen LogP contribution is 2.27. The summed E-state index contributed by atoms with van der Waals surface area (Å²) in [7, 11) is 0. The van der Waals surface area contributed by atoms with Crippen LogP contribution in [-0.2, 0) is 25.5 Å². The molecule has 10 nitrogen and oxygen atoms in total. The van der Waals surface area contributed by atoms with E-state index in [9.17, 15) is 24.6 Å². The number of aromatic hydroxyl groups is 2. The minimum absolute atomic E-state index is 0. The largest absolute Gasteiger partial charge is 0.504 e. The van der Waals surface area contributed by atoms with Crippen molar-refractivity contribution in [3.8, 4) is 11.5 Å². The molecule has 1 unspecified atom stereocenters. The van der Waals surface area contributed by atoms with Gasteiger partial charge in [0, 0.05) is 19.3 Å². The maximum atomic E-state index is 12.3. The molecule has 1 aliphatic heterocycles. The fourth-order valence-corrected chi connectivity index (χ4v) is 2.52. The first-order valence-corrected chi connectivity index (χ1v) is 7.47. The number of benzene rings is 1. The van der Waals surface area contributed by atoms with Gasteiger partial charge in [-0.2, -0.15) is 0 Å². The number of ether oxygens (including phenoxy) is 1. The van der Waals surface area contributed by atoms with Gasteiger partial charge in [-0.15, -0.1) is 12.4 Å². The number of carbonyl (C=O) groups is 3. The number of carbonyl (C=O) groups excluding carboxylic acids is 3. The summed E-state index contributed by atoms with van der Waals surface area (Å²) in [6.45, 7) is 2.88. The van der Waals surface area contributed by atoms with Gasteiger partial charge >= 0.3 is 5.97 Å². The first-order valence-electron chi connectivity index (χ1n) is 7.47. The van der Waals surface area contributed by atoms with Crippen LogP contribution in [0.5, 0.6) is 11.5 Å². The monoisotopic (exact) mass is 408 g/mol. The molecule has 0 bridgehead atoms. The van der Waals surface area contributed by atoms with E-state index in [1.54, 1.807) is 0 Å². The van der Waals surface area contributed by atoms with Crippen molar-refractivity contribution in [3.05, 3.63) is 23.8 Å². The lowest BCUT2D eigenvalue weighted by molar-refractivity contribution is -0.169. The van der Waals surface area contributed by atoms with Crippen molar-refractivity contribution >= 4 is 30.2 Å². The van der Waals surface area contributed by atoms with E-state index in [0.29, 0.717) is 5.56 Å². The standard InChI is InChI=1S/C16H20N2O6.ClH.2H2O/c1-9(18-13(21)5-6-14(18)22)24-15(23)16(2,17)8-10-3-4-11(19)12(20)7-10;;;/h3-4,7,9,19-20H,5-6,8,17H2,1-2H3;1H;2*1H2/t9?,16-;;;/m0.../s1. The van der Waals surface area contributed by atoms with Gasteiger partial charge in [-0.25, -0.2) is 9.69 Å². The van der Waals surface area contributed by atoms with E-state index in [2.05, 4.69) is 0 Å². The Hall–Kier alpha value is -2.40. The van der Waals surface area contributed by atoms with Gasteiger partial charge in [0.2, 0.25) is 11.8 Å². The van der Waals surface area contributed by atoms with Gasteiger partial charge < -0.3 is 31.6 Å². The van der Waals surface area contributed by atoms with Gasteiger partial charge in [-0.05, 0) is 31.5 Å². The highest BCUT2D eigenvalue weighted by Gasteiger charge is 2.38. The Morgan fingerprint density at radius 3 is 2.22 bits per heavy atom. The average molecular weight is 409 g/mol. The summed E-state index contributed by atoms with van der Waals surface area (Å²) in [6, 6.07) is 4.10. The normalized spacial score (nSPS) is 16.3. The highest BCUT2D eigenvalue weighted by atomic mass is 35.5. The number of hydrogen-bond acceptors (Lipinski definition) is 7. The third-order valence-corrected chi connectivity index (χ3v) is 3.81. The molecule has 0 aromatic heterocycles. The van der Waals surface area contributed by atoms with Crippen molar-refractivity contribution < 1.29 is 40.3 Å². The SMILES string of the molecule is CC(OC(=O)[C@@](C)(N)Cc1ccc(O)c(O)c1)N1C(=O)CCC1=O.Cl.O.O. The Bertz CT molecular complexity index is 679. The molecular formula is C16H25ClN2O8. The molecule has 27 heavy (non-hydrogen) atoms. The quantitative estimate of drug-likeness (QED) is 0.321. The van der Waals surface area contributed by atoms with Crippen molar-refractivity contribution in [1.82, 2.24) is 4.90 Å². The Morgan fingerprint density at radius 2 is 1.74 bits per heavy atom. The summed E-state index contributed by atoms with van der Waals surface area (Å²) < 4.78 is 5.17. The molecule has 1 aromatic rings. The second-order valence-electron chi connectivity index (χ2n) is 6.08. The molecule has 1 fully saturated rings. The van der Waals surface area contributed by atoms with E-state index < -0.39 is 17.7 Å². The summed E-state index contributed by atoms with van der Waals surface area (Å²) in [5.41, 5.74) is 5.07. The lowest BCUT2D eigenvalue weighted by Gasteiger charge is -2.28. The Labute approximate surface area is 161 Å². The van der Waals surface area contributed by atoms with Crippen LogP contribution >= 0.6 is 12.4 Å². The van der Waals surface area contributed by atoms with Crippen LogP contribution in [0.15, 0.2) is 18.2 Å². The number of esters is 1. The Kier molecular flexibility index (Phi) is 10.0. The molecule has 0 aliphatic carbocycles. The average Bonchev–Trinajstić information content (AvgIpc) is 2.81. The zero-order chi connectivity index (χ0) is 18.1. The van der Waals surface area contributed by atoms with Crippen molar-refractivity contribution in [1.29, 1.82) is 0 Å². The lowest BCUT2D eigenvalue weighted by Crippen LogP contribution is -2.51. The molecule has 11 heteroatoms. The molecule has 8 N–H and O–H groups in total. The topological polar surface area (TPSA) is 193 Å². The fourth-order valence-electron chi connectivity index (χ4n) is 2.52. The van der Waals surface area contributed by atoms with E-state index in [1.165, 1.54) is 32.0 Å². The highest BCUT2D eigenvalue weighted by molar-refractivity contribution is 6.02. The van der Waals surface area contributed by atoms with Gasteiger partial charge in [0.05, 0.1) is 0 Å². The van der Waals surface area contributed by atoms with Gasteiger partial charge in [0.25, 0.3) is 0 Å². The number of likely N-dealkylation sites (tertiary alicyclic amines) is 1. The van der Waals surface area contributed by atoms with Crippen LogP contribution in [0.2, 0.25) is 0 Å². The summed E-state index contributed by atoms with van der Waals surface area (Å²) in [5, 5.41) is 18.8. The molecule has 154 valence electrons. The van der Waals surface area contributed by atoms with Gasteiger partial charge in [-0.1, -0.05) is 6.07 Å². The van der Waals surface area contributed by atoms with Crippen LogP contribution in [0.4, 0.5) is 0 Å². The molecule has 2 rings (SSSR count). The van der Waals surface area contributed by atoms with Crippen molar-refractivity contribution in [2.24, 2.45) is 5.73 Å². The Morgan fingerprint density at radius 1 is 1.22 bits per heavy atom. The molecule has 0 saturated carbocycles. The van der Waals surface area contributed by atoms with Crippen LogP contribution in [-0.4, -0.2) is 55.6 Å². The number of phenolic OH excluding ortho intramolecular Hbond substituents is 2. The number of halogens is 1. The number of phenols is 2. The van der Waals surface area contributed by atoms with Gasteiger partial charge in [-0.3, -0.25) is 9.59 Å². The maximum Gasteiger partial charge on any atom is 0.328 e. The maximum absolute atomic E-state index is 12.3. The third kappa shape index (κ3) is 6.07. The first kappa shape index (κ1) is 26.8. The van der Waals surface area contributed by atoms with E-state index >= 15 is 0 Å². The second kappa shape index (κ2) is 10.1. The molecule has 1 saturated heterocycles. The first-order chi connectivity index (χ1) is 11.1. The summed E-state index contributed by atoms with van der Waals surface area (Å²) in [4.78, 5) is 36.5. The number of nitrogens with two attached hydrogens (primary N) is 1. The van der Waals surface area contributed by atoms with E-state index in [1.807, 2.05) is 0 Å². The summed E-state index contributed by atoms with van der Waals surface area (Å²) in [6.07, 6.45) is -0.786. The third-order valence-electron chi connectivity index (χ3n) is 3.81. The summed E-state index contributed by atoms with van der Waals surface area (Å²) in [5.74, 6) is -2.15. The smallest absolute Gasteiger partial charge is 0.328 e. The van der Waals surface area contributed by atoms with Gasteiger partial charge in [0.1, 0.15) is 5.54 Å². The fraction of sp³-hybridized carbons (Fsp3) is 0.438. The zero-order valence-corrected chi connectivity index (χ0v) is 15.7. The van der Waals surface area contributed by atoms with E-state index in [-0.39, 0.29) is 65.9 Å². The van der Waals surface area contributed by atoms with Crippen LogP contribution in [0, 0.1) is 0 Å². The predicted molar refractivity (Wildman–Crippen MR) is 97.2 cm³/mol. The molecule has 2 atom stereocenters. The van der Waals surface area contributed by atoms with Crippen molar-refractivity contribution in [2.75, 3.05) is 0 Å². The second-order valence-corrected chi connectivity index (χ2v) is 6.08. The zero-order valence-electron chi connectivity index (χ0n) is 14.9. The number of rotatable bonds is 5. The molecule has 2 amide bonds. The lowest BCUT2D eigenvalue weighted by atomic mass is 9.94. The Balaban J connectivity index is 0. The summed E-state index contributed by atoms with van der Waals surface area (Å²) >= 11 is 0. The van der Waals surface area contributed by atoms with Crippen LogP contribution < -0.4 is 5.73 Å². The minimum atomic E-state index is -1.44. The van der Waals surface area contributed by atoms with Crippen molar-refractivity contribution in [2.45, 2.75) is 44.9 Å². The number of nitrogens with zero attached hydrogens (tertiary/aromatic N) is 1. The molecule has 1 heterocycles. The number of amides is 2. The molecular weight excluding hydrogens is 384 g/mol. The van der Waals surface area contributed by atoms with E-state index in [0.717, 1.165) is 4.90 Å². The van der Waals surface area contributed by atoms with Crippen LogP contribution in [0.3, 0.4) is 0 Å². The molecule has 0 radical (unpaired) electrons. The van der Waals surface area contributed by atoms with Crippen molar-refractivity contribution in [3.63, 3.8) is 0 Å². The van der Waals surface area contributed by atoms with Crippen LogP contribution in [0.1, 0.15) is 32.3 Å². The van der Waals surface area contributed by atoms with Gasteiger partial charge in [0.15, 0.2) is 17.7 Å². The predicted octanol–water partition coefficient (Wildman–Crippen LogP) is -0.832. The number of hydrogen-bond donors (Lipinski definition) is 3. The van der Waals surface area contributed by atoms with E-state index in [4.69, 9.17) is 10.5 Å². The molecule has 0 spiro atoms. The molecule has 1 aliphatic rings. The minimum Gasteiger partial charge on any atom is -0.504 e. The number of imide groups is 1. The molecule has 1 aromatic carbocycles. The van der Waals surface area contributed by atoms with Crippen LogP contribution in [0.25, 0.3) is 0 Å².